The Labute approximate surface area is 111 Å². The summed E-state index contributed by atoms with van der Waals surface area (Å²) in [4.78, 5) is 18.7. The number of piperidine rings is 1. The van der Waals surface area contributed by atoms with Crippen LogP contribution >= 0.6 is 0 Å². The van der Waals surface area contributed by atoms with Gasteiger partial charge in [0.2, 0.25) is 5.88 Å². The van der Waals surface area contributed by atoms with Crippen LogP contribution in [0.5, 0.6) is 5.88 Å². The van der Waals surface area contributed by atoms with Crippen molar-refractivity contribution in [2.45, 2.75) is 25.8 Å². The number of pyridine rings is 1. The molecule has 0 aliphatic carbocycles. The average molecular weight is 259 g/mol. The third-order valence-corrected chi connectivity index (χ3v) is 3.64. The van der Waals surface area contributed by atoms with Gasteiger partial charge in [-0.25, -0.2) is 0 Å². The predicted molar refractivity (Wildman–Crippen MR) is 72.3 cm³/mol. The molecule has 5 heteroatoms. The Bertz CT molecular complexity index is 645. The minimum absolute atomic E-state index is 0.137. The molecular weight excluding hydrogens is 242 g/mol. The van der Waals surface area contributed by atoms with Crippen molar-refractivity contribution in [2.24, 2.45) is 0 Å². The second-order valence-corrected chi connectivity index (χ2v) is 4.98. The van der Waals surface area contributed by atoms with Crippen molar-refractivity contribution < 1.29 is 5.11 Å². The van der Waals surface area contributed by atoms with E-state index in [9.17, 15) is 9.90 Å². The molecule has 0 amide bonds. The molecule has 0 spiro atoms. The standard InChI is InChI=1S/C14H17N3O2/c18-13-11(10-16-7-3-1-4-8-16)14(19)17-9-5-2-6-12(17)15-13/h2,5-6,9,18H,1,3-4,7-8,10H2. The molecule has 1 fully saturated rings. The van der Waals surface area contributed by atoms with Gasteiger partial charge >= 0.3 is 0 Å². The van der Waals surface area contributed by atoms with Crippen LogP contribution in [0.4, 0.5) is 0 Å². The monoisotopic (exact) mass is 259 g/mol. The van der Waals surface area contributed by atoms with Crippen molar-refractivity contribution in [3.8, 4) is 5.88 Å². The third-order valence-electron chi connectivity index (χ3n) is 3.64. The van der Waals surface area contributed by atoms with Crippen LogP contribution in [0.15, 0.2) is 29.2 Å². The van der Waals surface area contributed by atoms with Crippen LogP contribution in [0.25, 0.3) is 5.65 Å². The van der Waals surface area contributed by atoms with Gasteiger partial charge in [-0.1, -0.05) is 12.5 Å². The fourth-order valence-electron chi connectivity index (χ4n) is 2.59. The first-order chi connectivity index (χ1) is 9.25. The zero-order valence-corrected chi connectivity index (χ0v) is 10.7. The van der Waals surface area contributed by atoms with Crippen LogP contribution in [0.3, 0.4) is 0 Å². The highest BCUT2D eigenvalue weighted by Crippen LogP contribution is 2.16. The first-order valence-corrected chi connectivity index (χ1v) is 6.67. The number of nitrogens with zero attached hydrogens (tertiary/aromatic N) is 3. The van der Waals surface area contributed by atoms with Gasteiger partial charge in [-0.05, 0) is 38.1 Å². The Morgan fingerprint density at radius 1 is 1.21 bits per heavy atom. The smallest absolute Gasteiger partial charge is 0.266 e. The fraction of sp³-hybridized carbons (Fsp3) is 0.429. The van der Waals surface area contributed by atoms with Crippen molar-refractivity contribution in [1.82, 2.24) is 14.3 Å². The molecule has 2 aromatic rings. The molecule has 2 aromatic heterocycles. The van der Waals surface area contributed by atoms with Crippen molar-refractivity contribution in [3.63, 3.8) is 0 Å². The largest absolute Gasteiger partial charge is 0.493 e. The predicted octanol–water partition coefficient (Wildman–Crippen LogP) is 1.39. The van der Waals surface area contributed by atoms with Crippen molar-refractivity contribution in [3.05, 3.63) is 40.3 Å². The third kappa shape index (κ3) is 2.33. The number of hydrogen-bond acceptors (Lipinski definition) is 4. The fourth-order valence-corrected chi connectivity index (χ4v) is 2.59. The van der Waals surface area contributed by atoms with Crippen molar-refractivity contribution in [2.75, 3.05) is 13.1 Å². The summed E-state index contributed by atoms with van der Waals surface area (Å²) in [6.45, 7) is 2.45. The Morgan fingerprint density at radius 2 is 2.00 bits per heavy atom. The van der Waals surface area contributed by atoms with E-state index < -0.39 is 0 Å². The maximum atomic E-state index is 12.4. The molecule has 5 nitrogen and oxygen atoms in total. The molecule has 19 heavy (non-hydrogen) atoms. The van der Waals surface area contributed by atoms with Crippen LogP contribution in [0.2, 0.25) is 0 Å². The van der Waals surface area contributed by atoms with Gasteiger partial charge < -0.3 is 5.11 Å². The van der Waals surface area contributed by atoms with Gasteiger partial charge in [0.15, 0.2) is 0 Å². The van der Waals surface area contributed by atoms with Gasteiger partial charge in [-0.3, -0.25) is 14.1 Å². The first-order valence-electron chi connectivity index (χ1n) is 6.67. The highest BCUT2D eigenvalue weighted by Gasteiger charge is 2.17. The zero-order chi connectivity index (χ0) is 13.2. The number of likely N-dealkylation sites (tertiary alicyclic amines) is 1. The molecular formula is C14H17N3O2. The van der Waals surface area contributed by atoms with Gasteiger partial charge in [-0.2, -0.15) is 4.98 Å². The topological polar surface area (TPSA) is 57.8 Å². The van der Waals surface area contributed by atoms with Crippen LogP contribution in [-0.2, 0) is 6.54 Å². The normalized spacial score (nSPS) is 16.8. The summed E-state index contributed by atoms with van der Waals surface area (Å²) in [5, 5.41) is 9.97. The van der Waals surface area contributed by atoms with E-state index >= 15 is 0 Å². The Balaban J connectivity index is 2.00. The van der Waals surface area contributed by atoms with E-state index in [2.05, 4.69) is 9.88 Å². The molecule has 100 valence electrons. The van der Waals surface area contributed by atoms with E-state index in [0.29, 0.717) is 17.8 Å². The minimum atomic E-state index is -0.173. The molecule has 0 saturated carbocycles. The SMILES string of the molecule is O=c1c(CN2CCCCC2)c(O)nc2ccccn12. The Hall–Kier alpha value is -1.88. The van der Waals surface area contributed by atoms with Crippen LogP contribution in [-0.4, -0.2) is 32.5 Å². The van der Waals surface area contributed by atoms with Crippen LogP contribution < -0.4 is 5.56 Å². The van der Waals surface area contributed by atoms with Crippen LogP contribution in [0, 0.1) is 0 Å². The molecule has 3 heterocycles. The van der Waals surface area contributed by atoms with E-state index in [1.807, 2.05) is 0 Å². The lowest BCUT2D eigenvalue weighted by Crippen LogP contribution is -2.32. The Morgan fingerprint density at radius 3 is 2.79 bits per heavy atom. The van der Waals surface area contributed by atoms with Gasteiger partial charge in [-0.15, -0.1) is 0 Å². The second-order valence-electron chi connectivity index (χ2n) is 4.98. The molecule has 0 radical (unpaired) electrons. The highest BCUT2D eigenvalue weighted by molar-refractivity contribution is 5.42. The summed E-state index contributed by atoms with van der Waals surface area (Å²) < 4.78 is 1.49. The number of hydrogen-bond donors (Lipinski definition) is 1. The summed E-state index contributed by atoms with van der Waals surface area (Å²) in [5.41, 5.74) is 0.701. The maximum absolute atomic E-state index is 12.4. The molecule has 0 unspecified atom stereocenters. The van der Waals surface area contributed by atoms with Gasteiger partial charge in [0.1, 0.15) is 5.65 Å². The molecule has 0 atom stereocenters. The molecule has 0 bridgehead atoms. The molecule has 3 rings (SSSR count). The van der Waals surface area contributed by atoms with Crippen LogP contribution in [0.1, 0.15) is 24.8 Å². The molecule has 0 aromatic carbocycles. The van der Waals surface area contributed by atoms with Gasteiger partial charge in [0.25, 0.3) is 5.56 Å². The van der Waals surface area contributed by atoms with E-state index in [1.54, 1.807) is 24.4 Å². The summed E-state index contributed by atoms with van der Waals surface area (Å²) in [5.74, 6) is -0.137. The van der Waals surface area contributed by atoms with E-state index in [4.69, 9.17) is 0 Å². The summed E-state index contributed by atoms with van der Waals surface area (Å²) in [7, 11) is 0. The van der Waals surface area contributed by atoms with E-state index in [1.165, 1.54) is 10.8 Å². The summed E-state index contributed by atoms with van der Waals surface area (Å²) >= 11 is 0. The lowest BCUT2D eigenvalue weighted by Gasteiger charge is -2.26. The quantitative estimate of drug-likeness (QED) is 0.885. The molecule has 1 N–H and O–H groups in total. The van der Waals surface area contributed by atoms with E-state index in [0.717, 1.165) is 25.9 Å². The van der Waals surface area contributed by atoms with Gasteiger partial charge in [0, 0.05) is 12.7 Å². The zero-order valence-electron chi connectivity index (χ0n) is 10.7. The van der Waals surface area contributed by atoms with Crippen molar-refractivity contribution in [1.29, 1.82) is 0 Å². The average Bonchev–Trinajstić information content (AvgIpc) is 2.45. The van der Waals surface area contributed by atoms with Crippen molar-refractivity contribution >= 4 is 5.65 Å². The summed E-state index contributed by atoms with van der Waals surface area (Å²) in [6, 6.07) is 5.30. The molecule has 1 aliphatic rings. The number of rotatable bonds is 2. The first kappa shape index (κ1) is 12.2. The molecule has 1 aliphatic heterocycles. The molecule has 1 saturated heterocycles. The second kappa shape index (κ2) is 5.01. The van der Waals surface area contributed by atoms with Gasteiger partial charge in [0.05, 0.1) is 5.56 Å². The lowest BCUT2D eigenvalue weighted by atomic mass is 10.1. The Kier molecular flexibility index (Phi) is 3.21. The lowest BCUT2D eigenvalue weighted by molar-refractivity contribution is 0.217. The number of aromatic hydroxyl groups is 1. The maximum Gasteiger partial charge on any atom is 0.266 e. The minimum Gasteiger partial charge on any atom is -0.493 e. The number of fused-ring (bicyclic) bond motifs is 1. The summed E-state index contributed by atoms with van der Waals surface area (Å²) in [6.07, 6.45) is 5.24. The van der Waals surface area contributed by atoms with E-state index in [-0.39, 0.29) is 11.4 Å². The number of aromatic nitrogens is 2. The highest BCUT2D eigenvalue weighted by atomic mass is 16.3.